The number of hydrogen-bond acceptors (Lipinski definition) is 6. The lowest BCUT2D eigenvalue weighted by molar-refractivity contribution is -0.137. The standard InChI is InChI=1S/C32H34F3N5O2S/c1-6-7-14-38-19(2)15-20(3)39-29(37)25-17-23(11-13-27(25)41)40-30(43)24(28(42)31(40,4)5)12-9-21-8-10-22(18-36)26(16-21)32(33,34)35/h8,10-11,13-17,24,41H,3,6-7,9,12H2,1-2,4-5H3,(H2,37,39)/b19-15+,38-14?. The SMILES string of the molecule is C=C(/C=C(\C)N=CCCC)N=C(N)c1cc(N2C(=S)C(CCc3ccc(C#N)c(C(F)(F)F)c3)C(=O)C2(C)C)ccc1O. The van der Waals surface area contributed by atoms with E-state index in [0.717, 1.165) is 25.0 Å². The number of amidine groups is 1. The summed E-state index contributed by atoms with van der Waals surface area (Å²) >= 11 is 5.74. The zero-order valence-electron chi connectivity index (χ0n) is 24.5. The van der Waals surface area contributed by atoms with E-state index in [1.165, 1.54) is 12.1 Å². The number of Topliss-reactive ketones (excluding diaryl/α,β-unsaturated/α-hetero) is 1. The Bertz CT molecular complexity index is 1570. The topological polar surface area (TPSA) is 115 Å². The molecule has 1 atom stereocenters. The van der Waals surface area contributed by atoms with E-state index in [-0.39, 0.29) is 35.8 Å². The van der Waals surface area contributed by atoms with E-state index in [1.54, 1.807) is 49.2 Å². The summed E-state index contributed by atoms with van der Waals surface area (Å²) in [5, 5.41) is 19.6. The second-order valence-corrected chi connectivity index (χ2v) is 11.2. The van der Waals surface area contributed by atoms with Crippen molar-refractivity contribution in [1.82, 2.24) is 0 Å². The Hall–Kier alpha value is -4.30. The molecule has 3 N–H and O–H groups in total. The molecule has 11 heteroatoms. The van der Waals surface area contributed by atoms with Crippen LogP contribution < -0.4 is 10.6 Å². The van der Waals surface area contributed by atoms with Gasteiger partial charge in [0.25, 0.3) is 0 Å². The van der Waals surface area contributed by atoms with Gasteiger partial charge in [-0.1, -0.05) is 38.2 Å². The summed E-state index contributed by atoms with van der Waals surface area (Å²) in [7, 11) is 0. The van der Waals surface area contributed by atoms with E-state index in [1.807, 2.05) is 6.92 Å². The molecule has 1 saturated heterocycles. The number of hydrogen-bond donors (Lipinski definition) is 2. The van der Waals surface area contributed by atoms with E-state index in [9.17, 15) is 23.1 Å². The number of aromatic hydroxyl groups is 1. The average molecular weight is 610 g/mol. The number of nitriles is 1. The molecule has 2 aromatic rings. The predicted molar refractivity (Wildman–Crippen MR) is 167 cm³/mol. The smallest absolute Gasteiger partial charge is 0.417 e. The highest BCUT2D eigenvalue weighted by atomic mass is 32.1. The van der Waals surface area contributed by atoms with Crippen molar-refractivity contribution in [2.75, 3.05) is 4.90 Å². The number of benzene rings is 2. The molecule has 1 aliphatic heterocycles. The molecule has 1 fully saturated rings. The second kappa shape index (κ2) is 13.3. The number of halogens is 3. The van der Waals surface area contributed by atoms with Crippen LogP contribution in [0, 0.1) is 17.2 Å². The number of rotatable bonds is 10. The highest BCUT2D eigenvalue weighted by molar-refractivity contribution is 7.80. The number of carbonyl (C=O) groups excluding carboxylic acids is 1. The summed E-state index contributed by atoms with van der Waals surface area (Å²) in [5.41, 5.74) is 5.76. The largest absolute Gasteiger partial charge is 0.507 e. The number of ketones is 1. The van der Waals surface area contributed by atoms with Crippen molar-refractivity contribution in [3.63, 3.8) is 0 Å². The minimum atomic E-state index is -4.68. The molecule has 0 saturated carbocycles. The Kier molecular flexibility index (Phi) is 10.3. The predicted octanol–water partition coefficient (Wildman–Crippen LogP) is 7.02. The third-order valence-corrected chi connectivity index (χ3v) is 7.56. The van der Waals surface area contributed by atoms with Crippen molar-refractivity contribution in [1.29, 1.82) is 5.26 Å². The van der Waals surface area contributed by atoms with Crippen molar-refractivity contribution in [3.05, 3.63) is 82.7 Å². The first-order valence-electron chi connectivity index (χ1n) is 13.7. The summed E-state index contributed by atoms with van der Waals surface area (Å²) in [4.78, 5) is 24.1. The number of allylic oxidation sites excluding steroid dienone is 2. The van der Waals surface area contributed by atoms with Gasteiger partial charge in [-0.2, -0.15) is 18.4 Å². The molecule has 0 spiro atoms. The van der Waals surface area contributed by atoms with Crippen LogP contribution in [-0.2, 0) is 17.4 Å². The van der Waals surface area contributed by atoms with E-state index >= 15 is 0 Å². The van der Waals surface area contributed by atoms with Crippen molar-refractivity contribution < 1.29 is 23.1 Å². The molecule has 0 radical (unpaired) electrons. The molecule has 0 aromatic heterocycles. The second-order valence-electron chi connectivity index (χ2n) is 10.8. The highest BCUT2D eigenvalue weighted by Gasteiger charge is 2.50. The van der Waals surface area contributed by atoms with E-state index in [4.69, 9.17) is 23.2 Å². The van der Waals surface area contributed by atoms with Crippen LogP contribution in [0.15, 0.2) is 70.4 Å². The zero-order chi connectivity index (χ0) is 32.1. The van der Waals surface area contributed by atoms with Crippen molar-refractivity contribution in [2.45, 2.75) is 65.1 Å². The van der Waals surface area contributed by atoms with Gasteiger partial charge in [-0.3, -0.25) is 9.79 Å². The minimum absolute atomic E-state index is 0.00183. The lowest BCUT2D eigenvalue weighted by atomic mass is 9.89. The number of alkyl halides is 3. The van der Waals surface area contributed by atoms with Gasteiger partial charge in [-0.25, -0.2) is 4.99 Å². The Morgan fingerprint density at radius 3 is 2.60 bits per heavy atom. The molecule has 1 unspecified atom stereocenters. The van der Waals surface area contributed by atoms with Gasteiger partial charge < -0.3 is 15.7 Å². The van der Waals surface area contributed by atoms with Crippen LogP contribution in [0.2, 0.25) is 0 Å². The molecule has 0 amide bonds. The first kappa shape index (κ1) is 33.2. The first-order chi connectivity index (χ1) is 20.1. The number of unbranched alkanes of at least 4 members (excludes halogenated alkanes) is 1. The fraction of sp³-hybridized carbons (Fsp3) is 0.344. The number of anilines is 1. The van der Waals surface area contributed by atoms with E-state index in [0.29, 0.717) is 27.6 Å². The molecular formula is C32H34F3N5O2S. The lowest BCUT2D eigenvalue weighted by Gasteiger charge is -2.32. The quantitative estimate of drug-likeness (QED) is 0.129. The lowest BCUT2D eigenvalue weighted by Crippen LogP contribution is -2.44. The molecule has 7 nitrogen and oxygen atoms in total. The van der Waals surface area contributed by atoms with Crippen LogP contribution in [0.4, 0.5) is 18.9 Å². The maximum Gasteiger partial charge on any atom is 0.417 e. The van der Waals surface area contributed by atoms with Gasteiger partial charge >= 0.3 is 6.18 Å². The van der Waals surface area contributed by atoms with E-state index in [2.05, 4.69) is 23.5 Å². The number of phenols is 1. The third kappa shape index (κ3) is 7.56. The number of carbonyl (C=O) groups is 1. The first-order valence-corrected chi connectivity index (χ1v) is 14.1. The Balaban J connectivity index is 1.87. The number of nitrogens with two attached hydrogens (primary N) is 1. The van der Waals surface area contributed by atoms with E-state index < -0.39 is 28.8 Å². The van der Waals surface area contributed by atoms with Crippen LogP contribution in [0.5, 0.6) is 5.75 Å². The van der Waals surface area contributed by atoms with Crippen molar-refractivity contribution in [2.24, 2.45) is 21.6 Å². The summed E-state index contributed by atoms with van der Waals surface area (Å²) in [6.07, 6.45) is 0.936. The fourth-order valence-corrected chi connectivity index (χ4v) is 5.46. The van der Waals surface area contributed by atoms with Crippen LogP contribution >= 0.6 is 12.2 Å². The Labute approximate surface area is 254 Å². The molecule has 43 heavy (non-hydrogen) atoms. The minimum Gasteiger partial charge on any atom is -0.507 e. The fourth-order valence-electron chi connectivity index (χ4n) is 4.91. The van der Waals surface area contributed by atoms with Crippen molar-refractivity contribution >= 4 is 40.7 Å². The maximum atomic E-state index is 13.5. The summed E-state index contributed by atoms with van der Waals surface area (Å²) in [6, 6.07) is 9.72. The highest BCUT2D eigenvalue weighted by Crippen LogP contribution is 2.40. The number of nitrogens with zero attached hydrogens (tertiary/aromatic N) is 4. The van der Waals surface area contributed by atoms with Gasteiger partial charge in [0, 0.05) is 17.6 Å². The molecule has 226 valence electrons. The third-order valence-electron chi connectivity index (χ3n) is 7.10. The molecule has 1 aliphatic rings. The number of aliphatic imine (C=N–C) groups is 2. The monoisotopic (exact) mass is 609 g/mol. The summed E-state index contributed by atoms with van der Waals surface area (Å²) in [5.74, 6) is -1.06. The number of phenolic OH excluding ortho intramolecular Hbond substituents is 1. The van der Waals surface area contributed by atoms with Gasteiger partial charge in [-0.15, -0.1) is 0 Å². The molecule has 3 rings (SSSR count). The molecule has 2 aromatic carbocycles. The summed E-state index contributed by atoms with van der Waals surface area (Å²) in [6.45, 7) is 11.2. The average Bonchev–Trinajstić information content (AvgIpc) is 3.09. The van der Waals surface area contributed by atoms with Gasteiger partial charge in [0.15, 0.2) is 5.78 Å². The maximum absolute atomic E-state index is 13.5. The van der Waals surface area contributed by atoms with Crippen LogP contribution in [-0.4, -0.2) is 33.5 Å². The zero-order valence-corrected chi connectivity index (χ0v) is 25.3. The molecule has 0 aliphatic carbocycles. The Morgan fingerprint density at radius 2 is 1.98 bits per heavy atom. The molecular weight excluding hydrogens is 575 g/mol. The van der Waals surface area contributed by atoms with Crippen LogP contribution in [0.25, 0.3) is 0 Å². The number of aryl methyl sites for hydroxylation is 1. The van der Waals surface area contributed by atoms with Crippen LogP contribution in [0.3, 0.4) is 0 Å². The van der Waals surface area contributed by atoms with Gasteiger partial charge in [-0.05, 0) is 82.0 Å². The van der Waals surface area contributed by atoms with Gasteiger partial charge in [0.2, 0.25) is 0 Å². The normalized spacial score (nSPS) is 17.5. The van der Waals surface area contributed by atoms with Crippen LogP contribution in [0.1, 0.15) is 69.2 Å². The molecule has 1 heterocycles. The summed E-state index contributed by atoms with van der Waals surface area (Å²) < 4.78 is 40.3. The van der Waals surface area contributed by atoms with Gasteiger partial charge in [0.1, 0.15) is 11.6 Å². The van der Waals surface area contributed by atoms with Crippen molar-refractivity contribution in [3.8, 4) is 11.8 Å². The Morgan fingerprint density at radius 1 is 1.28 bits per heavy atom. The number of thiocarbonyl (C=S) groups is 1. The van der Waals surface area contributed by atoms with Gasteiger partial charge in [0.05, 0.1) is 44.9 Å². The molecule has 0 bridgehead atoms.